The van der Waals surface area contributed by atoms with Gasteiger partial charge >= 0.3 is 0 Å². The fourth-order valence-electron chi connectivity index (χ4n) is 2.84. The second-order valence-corrected chi connectivity index (χ2v) is 8.01. The number of ether oxygens (including phenoxy) is 3. The quantitative estimate of drug-likeness (QED) is 0.444. The number of halogens is 2. The summed E-state index contributed by atoms with van der Waals surface area (Å²) in [5.74, 6) is 1.09. The van der Waals surface area contributed by atoms with Gasteiger partial charge < -0.3 is 18.8 Å². The third-order valence-electron chi connectivity index (χ3n) is 4.33. The van der Waals surface area contributed by atoms with Crippen molar-refractivity contribution in [1.82, 2.24) is 4.57 Å². The molecule has 3 aromatic rings. The zero-order valence-electron chi connectivity index (χ0n) is 17.1. The number of nitrogens with zero attached hydrogens (tertiary/aromatic N) is 2. The summed E-state index contributed by atoms with van der Waals surface area (Å²) < 4.78 is 17.8. The van der Waals surface area contributed by atoms with E-state index < -0.39 is 5.91 Å². The van der Waals surface area contributed by atoms with Crippen LogP contribution in [0.1, 0.15) is 11.1 Å². The van der Waals surface area contributed by atoms with E-state index in [2.05, 4.69) is 4.99 Å². The van der Waals surface area contributed by atoms with E-state index in [1.54, 1.807) is 30.3 Å². The number of hydrogen-bond acceptors (Lipinski definition) is 5. The van der Waals surface area contributed by atoms with Crippen molar-refractivity contribution in [3.05, 3.63) is 74.0 Å². The van der Waals surface area contributed by atoms with Crippen molar-refractivity contribution in [3.63, 3.8) is 0 Å². The lowest BCUT2D eigenvalue weighted by atomic mass is 10.1. The van der Waals surface area contributed by atoms with E-state index in [9.17, 15) is 4.79 Å². The number of methoxy groups -OCH3 is 3. The molecule has 1 aromatic heterocycles. The Labute approximate surface area is 193 Å². The Morgan fingerprint density at radius 3 is 2.42 bits per heavy atom. The molecular weight excluding hydrogens is 459 g/mol. The molecule has 0 spiro atoms. The van der Waals surface area contributed by atoms with Crippen molar-refractivity contribution in [1.29, 1.82) is 0 Å². The lowest BCUT2D eigenvalue weighted by molar-refractivity contribution is -0.113. The molecule has 3 rings (SSSR count). The summed E-state index contributed by atoms with van der Waals surface area (Å²) in [7, 11) is 4.60. The second-order valence-electron chi connectivity index (χ2n) is 6.29. The van der Waals surface area contributed by atoms with Crippen molar-refractivity contribution in [2.75, 3.05) is 21.3 Å². The average molecular weight is 479 g/mol. The molecular formula is C22H20Cl2N2O4S. The van der Waals surface area contributed by atoms with Crippen molar-refractivity contribution in [2.45, 2.75) is 6.54 Å². The molecule has 0 aliphatic carbocycles. The number of thiazole rings is 1. The first-order valence-electron chi connectivity index (χ1n) is 9.09. The van der Waals surface area contributed by atoms with E-state index in [1.165, 1.54) is 38.7 Å². The molecule has 1 amide bonds. The SMILES string of the molecule is COc1cc(/C=C/C(=O)N=c2sccn2Cc2ccc(Cl)cc2Cl)cc(OC)c1OC. The molecule has 2 aromatic carbocycles. The molecule has 9 heteroatoms. The maximum absolute atomic E-state index is 12.4. The van der Waals surface area contributed by atoms with Crippen molar-refractivity contribution in [2.24, 2.45) is 4.99 Å². The van der Waals surface area contributed by atoms with E-state index >= 15 is 0 Å². The predicted molar refractivity (Wildman–Crippen MR) is 124 cm³/mol. The monoisotopic (exact) mass is 478 g/mol. The Morgan fingerprint density at radius 1 is 1.10 bits per heavy atom. The molecule has 0 saturated carbocycles. The fourth-order valence-corrected chi connectivity index (χ4v) is 4.04. The van der Waals surface area contributed by atoms with Crippen LogP contribution in [0.3, 0.4) is 0 Å². The number of amides is 1. The predicted octanol–water partition coefficient (Wildman–Crippen LogP) is 5.07. The standard InChI is InChI=1S/C22H20Cl2N2O4S/c1-28-18-10-14(11-19(29-2)21(18)30-3)4-7-20(27)25-22-26(8-9-31-22)13-15-5-6-16(23)12-17(15)24/h4-12H,13H2,1-3H3/b7-4+,25-22?. The first kappa shape index (κ1) is 22.9. The van der Waals surface area contributed by atoms with Crippen LogP contribution >= 0.6 is 34.5 Å². The highest BCUT2D eigenvalue weighted by molar-refractivity contribution is 7.07. The Kier molecular flexibility index (Phi) is 7.79. The van der Waals surface area contributed by atoms with Crippen LogP contribution in [0, 0.1) is 0 Å². The molecule has 0 bridgehead atoms. The highest BCUT2D eigenvalue weighted by Gasteiger charge is 2.12. The van der Waals surface area contributed by atoms with Gasteiger partial charge in [-0.15, -0.1) is 11.3 Å². The largest absolute Gasteiger partial charge is 0.493 e. The Bertz CT molecular complexity index is 1160. The van der Waals surface area contributed by atoms with Gasteiger partial charge in [0.15, 0.2) is 16.3 Å². The lowest BCUT2D eigenvalue weighted by Gasteiger charge is -2.12. The van der Waals surface area contributed by atoms with E-state index in [-0.39, 0.29) is 0 Å². The summed E-state index contributed by atoms with van der Waals surface area (Å²) in [5, 5.41) is 2.99. The van der Waals surface area contributed by atoms with E-state index in [4.69, 9.17) is 37.4 Å². The first-order valence-corrected chi connectivity index (χ1v) is 10.7. The third kappa shape index (κ3) is 5.70. The topological polar surface area (TPSA) is 62.0 Å². The first-order chi connectivity index (χ1) is 14.9. The Balaban J connectivity index is 1.83. The molecule has 0 radical (unpaired) electrons. The molecule has 0 aliphatic rings. The van der Waals surface area contributed by atoms with Crippen LogP contribution in [0.4, 0.5) is 0 Å². The number of carbonyl (C=O) groups is 1. The zero-order valence-corrected chi connectivity index (χ0v) is 19.4. The van der Waals surface area contributed by atoms with Gasteiger partial charge in [0.05, 0.1) is 27.9 Å². The third-order valence-corrected chi connectivity index (χ3v) is 5.71. The Hall–Kier alpha value is -2.74. The summed E-state index contributed by atoms with van der Waals surface area (Å²) in [6, 6.07) is 8.81. The number of benzene rings is 2. The molecule has 0 aliphatic heterocycles. The van der Waals surface area contributed by atoms with Gasteiger partial charge in [0.2, 0.25) is 5.75 Å². The highest BCUT2D eigenvalue weighted by atomic mass is 35.5. The minimum absolute atomic E-state index is 0.396. The van der Waals surface area contributed by atoms with Gasteiger partial charge in [-0.1, -0.05) is 29.3 Å². The summed E-state index contributed by atoms with van der Waals surface area (Å²) >= 11 is 13.6. The lowest BCUT2D eigenvalue weighted by Crippen LogP contribution is -2.16. The zero-order chi connectivity index (χ0) is 22.4. The van der Waals surface area contributed by atoms with Crippen molar-refractivity contribution < 1.29 is 19.0 Å². The molecule has 0 fully saturated rings. The molecule has 0 N–H and O–H groups in total. The van der Waals surface area contributed by atoms with Gasteiger partial charge in [-0.25, -0.2) is 0 Å². The summed E-state index contributed by atoms with van der Waals surface area (Å²) in [6.45, 7) is 0.474. The van der Waals surface area contributed by atoms with Gasteiger partial charge in [-0.05, 0) is 41.5 Å². The van der Waals surface area contributed by atoms with Crippen LogP contribution in [0.25, 0.3) is 6.08 Å². The highest BCUT2D eigenvalue weighted by Crippen LogP contribution is 2.38. The van der Waals surface area contributed by atoms with Crippen LogP contribution in [-0.2, 0) is 11.3 Å². The summed E-state index contributed by atoms with van der Waals surface area (Å²) in [5.41, 5.74) is 1.59. The normalized spacial score (nSPS) is 11.7. The molecule has 0 unspecified atom stereocenters. The summed E-state index contributed by atoms with van der Waals surface area (Å²) in [4.78, 5) is 17.2. The maximum atomic E-state index is 12.4. The Morgan fingerprint density at radius 2 is 1.81 bits per heavy atom. The van der Waals surface area contributed by atoms with Gasteiger partial charge in [-0.2, -0.15) is 4.99 Å². The van der Waals surface area contributed by atoms with Gasteiger partial charge in [-0.3, -0.25) is 4.79 Å². The number of hydrogen-bond donors (Lipinski definition) is 0. The van der Waals surface area contributed by atoms with Crippen LogP contribution in [-0.4, -0.2) is 31.8 Å². The van der Waals surface area contributed by atoms with Gasteiger partial charge in [0.1, 0.15) is 0 Å². The van der Waals surface area contributed by atoms with Crippen molar-refractivity contribution in [3.8, 4) is 17.2 Å². The average Bonchev–Trinajstić information content (AvgIpc) is 3.19. The minimum Gasteiger partial charge on any atom is -0.493 e. The van der Waals surface area contributed by atoms with Gasteiger partial charge in [0.25, 0.3) is 5.91 Å². The fraction of sp³-hybridized carbons (Fsp3) is 0.182. The molecule has 31 heavy (non-hydrogen) atoms. The van der Waals surface area contributed by atoms with Crippen LogP contribution < -0.4 is 19.0 Å². The molecule has 162 valence electrons. The summed E-state index contributed by atoms with van der Waals surface area (Å²) in [6.07, 6.45) is 4.88. The molecule has 0 atom stereocenters. The van der Waals surface area contributed by atoms with Gasteiger partial charge in [0, 0.05) is 27.7 Å². The molecule has 6 nitrogen and oxygen atoms in total. The van der Waals surface area contributed by atoms with E-state index in [0.29, 0.717) is 44.2 Å². The maximum Gasteiger partial charge on any atom is 0.272 e. The van der Waals surface area contributed by atoms with Crippen LogP contribution in [0.2, 0.25) is 10.0 Å². The van der Waals surface area contributed by atoms with E-state index in [1.807, 2.05) is 22.2 Å². The number of aromatic nitrogens is 1. The van der Waals surface area contributed by atoms with Crippen molar-refractivity contribution >= 4 is 46.5 Å². The number of carbonyl (C=O) groups excluding carboxylic acids is 1. The second kappa shape index (κ2) is 10.5. The van der Waals surface area contributed by atoms with E-state index in [0.717, 1.165) is 5.56 Å². The van der Waals surface area contributed by atoms with Crippen LogP contribution in [0.5, 0.6) is 17.2 Å². The minimum atomic E-state index is -0.396. The smallest absolute Gasteiger partial charge is 0.272 e. The van der Waals surface area contributed by atoms with Crippen LogP contribution in [0.15, 0.2) is 53.0 Å². The molecule has 1 heterocycles. The molecule has 0 saturated heterocycles. The number of rotatable bonds is 7.